The molecule has 4 nitrogen and oxygen atoms in total. The normalized spacial score (nSPS) is 11.0. The van der Waals surface area contributed by atoms with Crippen molar-refractivity contribution in [3.8, 4) is 0 Å². The summed E-state index contributed by atoms with van der Waals surface area (Å²) < 4.78 is 1.03. The Bertz CT molecular complexity index is 829. The molecule has 0 aliphatic rings. The number of carbonyl (C=O) groups excluding carboxylic acids is 1. The van der Waals surface area contributed by atoms with E-state index in [2.05, 4.69) is 10.3 Å². The molecule has 2 aromatic heterocycles. The highest BCUT2D eigenvalue weighted by Crippen LogP contribution is 2.35. The maximum Gasteiger partial charge on any atom is 0.269 e. The Morgan fingerprint density at radius 1 is 1.24 bits per heavy atom. The molecule has 0 saturated heterocycles. The van der Waals surface area contributed by atoms with Gasteiger partial charge in [-0.3, -0.25) is 10.1 Å². The second-order valence-corrected chi connectivity index (χ2v) is 7.21. The number of nitrogens with one attached hydrogen (secondary N) is 1. The van der Waals surface area contributed by atoms with Crippen LogP contribution in [0.2, 0.25) is 0 Å². The Kier molecular flexibility index (Phi) is 3.43. The van der Waals surface area contributed by atoms with E-state index in [1.165, 1.54) is 22.7 Å². The van der Waals surface area contributed by atoms with Gasteiger partial charge in [-0.15, -0.1) is 22.7 Å². The summed E-state index contributed by atoms with van der Waals surface area (Å²) in [6.07, 6.45) is 0. The van der Waals surface area contributed by atoms with Crippen LogP contribution in [0, 0.1) is 20.8 Å². The highest BCUT2D eigenvalue weighted by atomic mass is 32.1. The number of thiophene rings is 1. The topological polar surface area (TPSA) is 68.0 Å². The van der Waals surface area contributed by atoms with Crippen LogP contribution in [0.1, 0.15) is 25.8 Å². The van der Waals surface area contributed by atoms with Gasteiger partial charge < -0.3 is 5.73 Å². The number of nitrogens with zero attached hydrogens (tertiary/aromatic N) is 1. The smallest absolute Gasteiger partial charge is 0.269 e. The molecule has 0 spiro atoms. The lowest BCUT2D eigenvalue weighted by Crippen LogP contribution is -2.11. The number of hydrogen-bond acceptors (Lipinski definition) is 5. The molecular weight excluding hydrogens is 302 g/mol. The molecule has 0 aliphatic carbocycles. The van der Waals surface area contributed by atoms with Crippen LogP contribution in [0.3, 0.4) is 0 Å². The number of thiazole rings is 1. The SMILES string of the molecule is Cc1ccc2c(N)c(C(=O)Nc3nc(C)c(C)s3)sc2c1. The summed E-state index contributed by atoms with van der Waals surface area (Å²) in [6, 6.07) is 6.01. The quantitative estimate of drug-likeness (QED) is 0.747. The van der Waals surface area contributed by atoms with Crippen molar-refractivity contribution in [3.05, 3.63) is 39.2 Å². The summed E-state index contributed by atoms with van der Waals surface area (Å²) in [5.41, 5.74) is 8.75. The van der Waals surface area contributed by atoms with Crippen molar-refractivity contribution in [2.75, 3.05) is 11.1 Å². The highest BCUT2D eigenvalue weighted by Gasteiger charge is 2.18. The summed E-state index contributed by atoms with van der Waals surface area (Å²) in [6.45, 7) is 5.94. The summed E-state index contributed by atoms with van der Waals surface area (Å²) in [5.74, 6) is -0.194. The third kappa shape index (κ3) is 2.52. The van der Waals surface area contributed by atoms with Gasteiger partial charge in [-0.05, 0) is 32.4 Å². The fourth-order valence-electron chi connectivity index (χ4n) is 2.07. The molecule has 3 aromatic rings. The van der Waals surface area contributed by atoms with Gasteiger partial charge in [0.2, 0.25) is 0 Å². The van der Waals surface area contributed by atoms with E-state index in [4.69, 9.17) is 5.73 Å². The standard InChI is InChI=1S/C15H15N3OS2/c1-7-4-5-10-11(6-7)21-13(12(10)16)14(19)18-15-17-8(2)9(3)20-15/h4-6H,16H2,1-3H3,(H,17,18,19). The van der Waals surface area contributed by atoms with Gasteiger partial charge in [0, 0.05) is 15.0 Å². The van der Waals surface area contributed by atoms with Gasteiger partial charge in [0.15, 0.2) is 5.13 Å². The molecule has 2 heterocycles. The molecule has 0 aliphatic heterocycles. The number of carbonyl (C=O) groups is 1. The van der Waals surface area contributed by atoms with Gasteiger partial charge in [-0.2, -0.15) is 0 Å². The molecule has 6 heteroatoms. The van der Waals surface area contributed by atoms with Crippen LogP contribution in [0.25, 0.3) is 10.1 Å². The Balaban J connectivity index is 1.96. The van der Waals surface area contributed by atoms with Crippen molar-refractivity contribution in [2.45, 2.75) is 20.8 Å². The lowest BCUT2D eigenvalue weighted by Gasteiger charge is -2.00. The van der Waals surface area contributed by atoms with Crippen LogP contribution in [0.15, 0.2) is 18.2 Å². The minimum absolute atomic E-state index is 0.194. The molecule has 108 valence electrons. The summed E-state index contributed by atoms with van der Waals surface area (Å²) >= 11 is 2.89. The summed E-state index contributed by atoms with van der Waals surface area (Å²) in [7, 11) is 0. The first-order valence-electron chi connectivity index (χ1n) is 6.49. The van der Waals surface area contributed by atoms with Crippen molar-refractivity contribution in [1.82, 2.24) is 4.98 Å². The number of aryl methyl sites for hydroxylation is 3. The zero-order valence-electron chi connectivity index (χ0n) is 12.0. The molecule has 0 unspecified atom stereocenters. The Morgan fingerprint density at radius 2 is 2.00 bits per heavy atom. The molecule has 0 fully saturated rings. The van der Waals surface area contributed by atoms with Crippen LogP contribution in [-0.2, 0) is 0 Å². The molecule has 0 saturated carbocycles. The highest BCUT2D eigenvalue weighted by molar-refractivity contribution is 7.22. The third-order valence-electron chi connectivity index (χ3n) is 3.34. The van der Waals surface area contributed by atoms with E-state index in [1.54, 1.807) is 0 Å². The zero-order valence-corrected chi connectivity index (χ0v) is 13.6. The van der Waals surface area contributed by atoms with Gasteiger partial charge in [0.25, 0.3) is 5.91 Å². The minimum Gasteiger partial charge on any atom is -0.397 e. The monoisotopic (exact) mass is 317 g/mol. The summed E-state index contributed by atoms with van der Waals surface area (Å²) in [4.78, 5) is 18.4. The molecule has 0 bridgehead atoms. The molecule has 21 heavy (non-hydrogen) atoms. The van der Waals surface area contributed by atoms with E-state index in [1.807, 2.05) is 39.0 Å². The first-order chi connectivity index (χ1) is 9.95. The van der Waals surface area contributed by atoms with E-state index >= 15 is 0 Å². The van der Waals surface area contributed by atoms with Gasteiger partial charge in [-0.1, -0.05) is 12.1 Å². The average Bonchev–Trinajstić information content (AvgIpc) is 2.90. The van der Waals surface area contributed by atoms with Crippen LogP contribution >= 0.6 is 22.7 Å². The second-order valence-electron chi connectivity index (χ2n) is 4.96. The molecule has 1 amide bonds. The molecule has 1 aromatic carbocycles. The van der Waals surface area contributed by atoms with Gasteiger partial charge >= 0.3 is 0 Å². The molecular formula is C15H15N3OS2. The number of hydrogen-bond donors (Lipinski definition) is 2. The minimum atomic E-state index is -0.194. The number of amides is 1. The fourth-order valence-corrected chi connectivity index (χ4v) is 4.00. The van der Waals surface area contributed by atoms with Crippen LogP contribution < -0.4 is 11.1 Å². The number of fused-ring (bicyclic) bond motifs is 1. The van der Waals surface area contributed by atoms with E-state index < -0.39 is 0 Å². The maximum absolute atomic E-state index is 12.4. The predicted octanol–water partition coefficient (Wildman–Crippen LogP) is 4.12. The summed E-state index contributed by atoms with van der Waals surface area (Å²) in [5, 5.41) is 4.38. The maximum atomic E-state index is 12.4. The number of anilines is 2. The molecule has 3 N–H and O–H groups in total. The predicted molar refractivity (Wildman–Crippen MR) is 90.5 cm³/mol. The first-order valence-corrected chi connectivity index (χ1v) is 8.13. The Labute approximate surface area is 130 Å². The Morgan fingerprint density at radius 3 is 2.67 bits per heavy atom. The van der Waals surface area contributed by atoms with Gasteiger partial charge in [-0.25, -0.2) is 4.98 Å². The third-order valence-corrected chi connectivity index (χ3v) is 5.49. The van der Waals surface area contributed by atoms with E-state index in [-0.39, 0.29) is 5.91 Å². The van der Waals surface area contributed by atoms with Crippen LogP contribution in [0.5, 0.6) is 0 Å². The van der Waals surface area contributed by atoms with Crippen molar-refractivity contribution in [3.63, 3.8) is 0 Å². The van der Waals surface area contributed by atoms with Crippen molar-refractivity contribution < 1.29 is 4.79 Å². The van der Waals surface area contributed by atoms with Crippen molar-refractivity contribution >= 4 is 49.5 Å². The lowest BCUT2D eigenvalue weighted by molar-refractivity contribution is 0.103. The number of rotatable bonds is 2. The Hall–Kier alpha value is -1.92. The van der Waals surface area contributed by atoms with E-state index in [9.17, 15) is 4.79 Å². The molecule has 0 atom stereocenters. The van der Waals surface area contributed by atoms with Crippen molar-refractivity contribution in [2.24, 2.45) is 0 Å². The second kappa shape index (κ2) is 5.13. The van der Waals surface area contributed by atoms with Crippen LogP contribution in [-0.4, -0.2) is 10.9 Å². The molecule has 3 rings (SSSR count). The average molecular weight is 317 g/mol. The zero-order chi connectivity index (χ0) is 15.1. The number of benzene rings is 1. The van der Waals surface area contributed by atoms with E-state index in [0.717, 1.165) is 26.2 Å². The molecule has 0 radical (unpaired) electrons. The van der Waals surface area contributed by atoms with Gasteiger partial charge in [0.05, 0.1) is 11.4 Å². The van der Waals surface area contributed by atoms with Crippen molar-refractivity contribution in [1.29, 1.82) is 0 Å². The van der Waals surface area contributed by atoms with Crippen LogP contribution in [0.4, 0.5) is 10.8 Å². The fraction of sp³-hybridized carbons (Fsp3) is 0.200. The largest absolute Gasteiger partial charge is 0.397 e. The van der Waals surface area contributed by atoms with E-state index in [0.29, 0.717) is 15.7 Å². The number of nitrogen functional groups attached to an aromatic ring is 1. The lowest BCUT2D eigenvalue weighted by atomic mass is 10.1. The number of nitrogens with two attached hydrogens (primary N) is 1. The number of aromatic nitrogens is 1. The first kappa shape index (κ1) is 14.0. The van der Waals surface area contributed by atoms with Gasteiger partial charge in [0.1, 0.15) is 4.88 Å².